The summed E-state index contributed by atoms with van der Waals surface area (Å²) in [5.74, 6) is -1.08. The molecule has 0 saturated heterocycles. The molecule has 0 saturated carbocycles. The summed E-state index contributed by atoms with van der Waals surface area (Å²) >= 11 is 2.19. The van der Waals surface area contributed by atoms with Crippen LogP contribution in [0.2, 0.25) is 0 Å². The van der Waals surface area contributed by atoms with Gasteiger partial charge in [-0.25, -0.2) is 18.3 Å². The number of aryl methyl sites for hydroxylation is 1. The van der Waals surface area contributed by atoms with E-state index >= 15 is 0 Å². The Hall–Kier alpha value is -2.29. The van der Waals surface area contributed by atoms with Crippen LogP contribution in [0.1, 0.15) is 5.69 Å². The van der Waals surface area contributed by atoms with Crippen LogP contribution >= 0.6 is 22.6 Å². The Labute approximate surface area is 149 Å². The van der Waals surface area contributed by atoms with Crippen molar-refractivity contribution in [2.45, 2.75) is 6.92 Å². The molecule has 3 heterocycles. The Morgan fingerprint density at radius 1 is 1.04 bits per heavy atom. The molecule has 0 N–H and O–H groups in total. The fourth-order valence-corrected chi connectivity index (χ4v) is 3.02. The zero-order valence-electron chi connectivity index (χ0n) is 12.5. The molecule has 0 bridgehead atoms. The molecule has 0 spiro atoms. The van der Waals surface area contributed by atoms with Crippen molar-refractivity contribution in [2.24, 2.45) is 0 Å². The first-order chi connectivity index (χ1) is 11.5. The van der Waals surface area contributed by atoms with Crippen LogP contribution in [-0.4, -0.2) is 19.2 Å². The summed E-state index contributed by atoms with van der Waals surface area (Å²) in [6, 6.07) is 9.44. The molecule has 1 aromatic carbocycles. The number of hydrogen-bond donors (Lipinski definition) is 0. The first kappa shape index (κ1) is 15.3. The van der Waals surface area contributed by atoms with Gasteiger partial charge < -0.3 is 4.57 Å². The van der Waals surface area contributed by atoms with Crippen molar-refractivity contribution in [2.75, 3.05) is 0 Å². The van der Waals surface area contributed by atoms with Crippen LogP contribution in [0.25, 0.3) is 22.7 Å². The largest absolute Gasteiger partial charge is 0.309 e. The molecule has 24 heavy (non-hydrogen) atoms. The first-order valence-electron chi connectivity index (χ1n) is 7.19. The number of hydrogen-bond acceptors (Lipinski definition) is 2. The second-order valence-electron chi connectivity index (χ2n) is 5.35. The summed E-state index contributed by atoms with van der Waals surface area (Å²) in [4.78, 5) is 4.65. The van der Waals surface area contributed by atoms with Crippen LogP contribution in [0, 0.1) is 22.1 Å². The summed E-state index contributed by atoms with van der Waals surface area (Å²) in [5.41, 5.74) is 2.69. The van der Waals surface area contributed by atoms with E-state index in [0.29, 0.717) is 22.7 Å². The Kier molecular flexibility index (Phi) is 3.60. The summed E-state index contributed by atoms with van der Waals surface area (Å²) < 4.78 is 31.4. The molecule has 0 aliphatic carbocycles. The second kappa shape index (κ2) is 5.66. The average Bonchev–Trinajstić information content (AvgIpc) is 3.19. The van der Waals surface area contributed by atoms with E-state index in [1.807, 2.05) is 42.1 Å². The van der Waals surface area contributed by atoms with Crippen molar-refractivity contribution >= 4 is 28.2 Å². The molecule has 4 rings (SSSR count). The zero-order valence-corrected chi connectivity index (χ0v) is 14.7. The Morgan fingerprint density at radius 3 is 2.50 bits per heavy atom. The van der Waals surface area contributed by atoms with Crippen LogP contribution in [0.5, 0.6) is 0 Å². The fraction of sp³-hybridized carbons (Fsp3) is 0.0588. The average molecular weight is 436 g/mol. The van der Waals surface area contributed by atoms with Crippen molar-refractivity contribution in [1.29, 1.82) is 0 Å². The summed E-state index contributed by atoms with van der Waals surface area (Å²) in [6.07, 6.45) is 3.76. The summed E-state index contributed by atoms with van der Waals surface area (Å²) in [7, 11) is 0. The molecule has 0 amide bonds. The van der Waals surface area contributed by atoms with E-state index in [9.17, 15) is 8.78 Å². The summed E-state index contributed by atoms with van der Waals surface area (Å²) in [6.45, 7) is 1.89. The van der Waals surface area contributed by atoms with Gasteiger partial charge in [0.05, 0.1) is 15.0 Å². The molecule has 0 aliphatic rings. The topological polar surface area (TPSA) is 35.1 Å². The highest BCUT2D eigenvalue weighted by Gasteiger charge is 2.16. The smallest absolute Gasteiger partial charge is 0.171 e. The van der Waals surface area contributed by atoms with Gasteiger partial charge in [0.25, 0.3) is 0 Å². The van der Waals surface area contributed by atoms with Gasteiger partial charge in [-0.2, -0.15) is 5.10 Å². The standard InChI is InChI=1S/C17H11F2IN4/c1-10-16(20)17-21-15(23-6-2-3-7-23)9-14(24(17)22-10)11-4-5-12(18)13(19)8-11/h2-9H,1H3. The molecule has 0 aliphatic heterocycles. The Morgan fingerprint density at radius 2 is 1.79 bits per heavy atom. The third-order valence-corrected chi connectivity index (χ3v) is 5.03. The van der Waals surface area contributed by atoms with E-state index in [4.69, 9.17) is 0 Å². The molecule has 120 valence electrons. The number of nitrogens with zero attached hydrogens (tertiary/aromatic N) is 4. The van der Waals surface area contributed by atoms with Crippen molar-refractivity contribution < 1.29 is 8.78 Å². The lowest BCUT2D eigenvalue weighted by Gasteiger charge is -2.09. The predicted octanol–water partition coefficient (Wildman–Crippen LogP) is 4.38. The minimum Gasteiger partial charge on any atom is -0.309 e. The highest BCUT2D eigenvalue weighted by Crippen LogP contribution is 2.27. The fourth-order valence-electron chi connectivity index (χ4n) is 2.57. The van der Waals surface area contributed by atoms with Gasteiger partial charge in [0.15, 0.2) is 17.3 Å². The molecule has 0 atom stereocenters. The highest BCUT2D eigenvalue weighted by atomic mass is 127. The van der Waals surface area contributed by atoms with E-state index in [2.05, 4.69) is 32.7 Å². The van der Waals surface area contributed by atoms with Crippen molar-refractivity contribution in [1.82, 2.24) is 19.2 Å². The van der Waals surface area contributed by atoms with Crippen LogP contribution in [0.15, 0.2) is 48.8 Å². The number of benzene rings is 1. The maximum Gasteiger partial charge on any atom is 0.171 e. The maximum absolute atomic E-state index is 13.7. The molecule has 0 radical (unpaired) electrons. The van der Waals surface area contributed by atoms with Crippen LogP contribution in [0.4, 0.5) is 8.78 Å². The quantitative estimate of drug-likeness (QED) is 0.438. The van der Waals surface area contributed by atoms with E-state index in [-0.39, 0.29) is 0 Å². The number of fused-ring (bicyclic) bond motifs is 1. The normalized spacial score (nSPS) is 11.3. The van der Waals surface area contributed by atoms with E-state index < -0.39 is 11.6 Å². The van der Waals surface area contributed by atoms with Gasteiger partial charge in [-0.05, 0) is 59.8 Å². The molecule has 4 nitrogen and oxygen atoms in total. The summed E-state index contributed by atoms with van der Waals surface area (Å²) in [5, 5.41) is 4.48. The third kappa shape index (κ3) is 2.39. The molecule has 4 aromatic rings. The van der Waals surface area contributed by atoms with Gasteiger partial charge in [0.1, 0.15) is 5.82 Å². The lowest BCUT2D eigenvalue weighted by atomic mass is 10.1. The predicted molar refractivity (Wildman–Crippen MR) is 95.1 cm³/mol. The van der Waals surface area contributed by atoms with Gasteiger partial charge in [-0.3, -0.25) is 0 Å². The van der Waals surface area contributed by atoms with E-state index in [0.717, 1.165) is 15.3 Å². The molecule has 3 aromatic heterocycles. The van der Waals surface area contributed by atoms with E-state index in [1.54, 1.807) is 4.52 Å². The molecular weight excluding hydrogens is 425 g/mol. The number of halogens is 3. The monoisotopic (exact) mass is 436 g/mol. The van der Waals surface area contributed by atoms with Gasteiger partial charge in [-0.1, -0.05) is 0 Å². The molecular formula is C17H11F2IN4. The molecule has 0 unspecified atom stereocenters. The van der Waals surface area contributed by atoms with Crippen molar-refractivity contribution in [3.8, 4) is 17.1 Å². The van der Waals surface area contributed by atoms with Crippen LogP contribution in [-0.2, 0) is 0 Å². The van der Waals surface area contributed by atoms with Crippen LogP contribution < -0.4 is 0 Å². The lowest BCUT2D eigenvalue weighted by molar-refractivity contribution is 0.509. The first-order valence-corrected chi connectivity index (χ1v) is 8.27. The Bertz CT molecular complexity index is 1050. The maximum atomic E-state index is 13.7. The second-order valence-corrected chi connectivity index (χ2v) is 6.43. The number of rotatable bonds is 2. The third-order valence-electron chi connectivity index (χ3n) is 3.76. The molecule has 0 fully saturated rings. The minimum atomic E-state index is -0.890. The number of aromatic nitrogens is 4. The zero-order chi connectivity index (χ0) is 16.8. The van der Waals surface area contributed by atoms with Crippen molar-refractivity contribution in [3.63, 3.8) is 0 Å². The van der Waals surface area contributed by atoms with Crippen LogP contribution in [0.3, 0.4) is 0 Å². The van der Waals surface area contributed by atoms with Gasteiger partial charge in [-0.15, -0.1) is 0 Å². The van der Waals surface area contributed by atoms with E-state index in [1.165, 1.54) is 12.1 Å². The van der Waals surface area contributed by atoms with Crippen molar-refractivity contribution in [3.05, 3.63) is 69.7 Å². The van der Waals surface area contributed by atoms with Gasteiger partial charge >= 0.3 is 0 Å². The van der Waals surface area contributed by atoms with Gasteiger partial charge in [0.2, 0.25) is 0 Å². The minimum absolute atomic E-state index is 0.536. The molecule has 7 heteroatoms. The van der Waals surface area contributed by atoms with Gasteiger partial charge in [0, 0.05) is 24.0 Å². The SMILES string of the molecule is Cc1nn2c(-c3ccc(F)c(F)c3)cc(-n3cccc3)nc2c1I. The Balaban J connectivity index is 2.05. The lowest BCUT2D eigenvalue weighted by Crippen LogP contribution is -2.03. The highest BCUT2D eigenvalue weighted by molar-refractivity contribution is 14.1.